The highest BCUT2D eigenvalue weighted by atomic mass is 16.5. The number of carbonyl (C=O) groups is 2. The van der Waals surface area contributed by atoms with Crippen molar-refractivity contribution in [1.29, 1.82) is 0 Å². The Bertz CT molecular complexity index is 449. The van der Waals surface area contributed by atoms with Gasteiger partial charge < -0.3 is 9.64 Å². The van der Waals surface area contributed by atoms with E-state index in [4.69, 9.17) is 4.74 Å². The van der Waals surface area contributed by atoms with E-state index in [9.17, 15) is 9.59 Å². The van der Waals surface area contributed by atoms with Crippen LogP contribution in [-0.2, 0) is 9.53 Å². The highest BCUT2D eigenvalue weighted by Crippen LogP contribution is 1.99. The first-order chi connectivity index (χ1) is 9.19. The van der Waals surface area contributed by atoms with Gasteiger partial charge >= 0.3 is 5.97 Å². The summed E-state index contributed by atoms with van der Waals surface area (Å²) in [6.45, 7) is 7.53. The Morgan fingerprint density at radius 2 is 1.95 bits per heavy atom. The molecule has 1 heterocycles. The second-order valence-electron chi connectivity index (χ2n) is 3.58. The van der Waals surface area contributed by atoms with E-state index in [0.717, 1.165) is 0 Å². The van der Waals surface area contributed by atoms with Crippen LogP contribution >= 0.6 is 0 Å². The molecule has 0 saturated carbocycles. The molecule has 0 atom stereocenters. The lowest BCUT2D eigenvalue weighted by Gasteiger charge is -2.18. The Hall–Kier alpha value is -2.50. The first kappa shape index (κ1) is 14.6. The van der Waals surface area contributed by atoms with Gasteiger partial charge in [-0.05, 0) is 6.07 Å². The number of hydrogen-bond acceptors (Lipinski definition) is 5. The average molecular weight is 261 g/mol. The molecule has 0 aliphatic rings. The van der Waals surface area contributed by atoms with E-state index in [-0.39, 0.29) is 18.1 Å². The second kappa shape index (κ2) is 7.75. The van der Waals surface area contributed by atoms with Crippen LogP contribution < -0.4 is 0 Å². The summed E-state index contributed by atoms with van der Waals surface area (Å²) in [5.74, 6) is -0.921. The van der Waals surface area contributed by atoms with Crippen LogP contribution in [0.25, 0.3) is 0 Å². The molecule has 1 aromatic heterocycles. The van der Waals surface area contributed by atoms with E-state index in [2.05, 4.69) is 23.4 Å². The largest absolute Gasteiger partial charge is 0.452 e. The zero-order valence-electron chi connectivity index (χ0n) is 10.5. The van der Waals surface area contributed by atoms with Crippen molar-refractivity contribution in [2.75, 3.05) is 19.7 Å². The van der Waals surface area contributed by atoms with Crippen molar-refractivity contribution in [2.45, 2.75) is 0 Å². The zero-order valence-corrected chi connectivity index (χ0v) is 10.5. The number of ether oxygens (including phenoxy) is 1. The number of hydrogen-bond donors (Lipinski definition) is 0. The number of carbonyl (C=O) groups excluding carboxylic acids is 2. The Kier molecular flexibility index (Phi) is 5.94. The third-order valence-electron chi connectivity index (χ3n) is 2.20. The van der Waals surface area contributed by atoms with Crippen molar-refractivity contribution >= 4 is 11.9 Å². The summed E-state index contributed by atoms with van der Waals surface area (Å²) in [4.78, 5) is 24.8. The van der Waals surface area contributed by atoms with Crippen LogP contribution in [0.15, 0.2) is 43.8 Å². The number of aromatic nitrogens is 2. The Balaban J connectivity index is 2.51. The van der Waals surface area contributed by atoms with Gasteiger partial charge in [-0.3, -0.25) is 4.79 Å². The minimum absolute atomic E-state index is 0.252. The van der Waals surface area contributed by atoms with E-state index in [1.54, 1.807) is 12.2 Å². The fraction of sp³-hybridized carbons (Fsp3) is 0.231. The fourth-order valence-corrected chi connectivity index (χ4v) is 1.30. The first-order valence-corrected chi connectivity index (χ1v) is 5.62. The molecular formula is C13H15N3O3. The quantitative estimate of drug-likeness (QED) is 0.537. The van der Waals surface area contributed by atoms with E-state index >= 15 is 0 Å². The first-order valence-electron chi connectivity index (χ1n) is 5.62. The van der Waals surface area contributed by atoms with Gasteiger partial charge in [0.1, 0.15) is 0 Å². The summed E-state index contributed by atoms with van der Waals surface area (Å²) in [7, 11) is 0. The molecule has 0 aliphatic carbocycles. The van der Waals surface area contributed by atoms with Gasteiger partial charge in [-0.25, -0.2) is 4.79 Å². The van der Waals surface area contributed by atoms with Crippen LogP contribution in [0.4, 0.5) is 0 Å². The molecule has 0 N–H and O–H groups in total. The van der Waals surface area contributed by atoms with Crippen LogP contribution in [-0.4, -0.2) is 46.7 Å². The third-order valence-corrected chi connectivity index (χ3v) is 2.20. The van der Waals surface area contributed by atoms with Crippen LogP contribution in [0, 0.1) is 0 Å². The van der Waals surface area contributed by atoms with Gasteiger partial charge in [0.2, 0.25) is 0 Å². The molecule has 1 amide bonds. The molecule has 0 aliphatic heterocycles. The molecule has 6 nitrogen and oxygen atoms in total. The minimum Gasteiger partial charge on any atom is -0.452 e. The number of amides is 1. The van der Waals surface area contributed by atoms with Crippen LogP contribution in [0.3, 0.4) is 0 Å². The summed E-state index contributed by atoms with van der Waals surface area (Å²) in [5.41, 5.74) is 0.252. The van der Waals surface area contributed by atoms with Gasteiger partial charge in [0, 0.05) is 13.1 Å². The molecule has 1 rings (SSSR count). The lowest BCUT2D eigenvalue weighted by Crippen LogP contribution is -2.35. The van der Waals surface area contributed by atoms with Crippen molar-refractivity contribution in [3.05, 3.63) is 49.3 Å². The number of esters is 1. The SMILES string of the molecule is C=CCN(CC=C)C(=O)COC(=O)c1ccnnc1. The number of rotatable bonds is 7. The van der Waals surface area contributed by atoms with Gasteiger partial charge in [-0.1, -0.05) is 12.2 Å². The van der Waals surface area contributed by atoms with E-state index in [0.29, 0.717) is 13.1 Å². The zero-order chi connectivity index (χ0) is 14.1. The average Bonchev–Trinajstić information content (AvgIpc) is 2.45. The van der Waals surface area contributed by atoms with Crippen LogP contribution in [0.5, 0.6) is 0 Å². The molecule has 0 unspecified atom stereocenters. The summed E-state index contributed by atoms with van der Waals surface area (Å²) < 4.78 is 4.90. The maximum atomic E-state index is 11.8. The number of nitrogens with zero attached hydrogens (tertiary/aromatic N) is 3. The summed E-state index contributed by atoms with van der Waals surface area (Å²) in [5, 5.41) is 7.10. The molecule has 19 heavy (non-hydrogen) atoms. The highest BCUT2D eigenvalue weighted by molar-refractivity contribution is 5.90. The third kappa shape index (κ3) is 4.71. The van der Waals surface area contributed by atoms with Gasteiger partial charge in [0.15, 0.2) is 6.61 Å². The van der Waals surface area contributed by atoms with Gasteiger partial charge in [-0.2, -0.15) is 10.2 Å². The molecular weight excluding hydrogens is 246 g/mol. The van der Waals surface area contributed by atoms with Gasteiger partial charge in [0.25, 0.3) is 5.91 Å². The second-order valence-corrected chi connectivity index (χ2v) is 3.58. The van der Waals surface area contributed by atoms with Crippen molar-refractivity contribution in [3.8, 4) is 0 Å². The topological polar surface area (TPSA) is 72.4 Å². The van der Waals surface area contributed by atoms with Crippen LogP contribution in [0.2, 0.25) is 0 Å². The van der Waals surface area contributed by atoms with E-state index < -0.39 is 5.97 Å². The lowest BCUT2D eigenvalue weighted by atomic mass is 10.3. The molecule has 100 valence electrons. The minimum atomic E-state index is -0.611. The van der Waals surface area contributed by atoms with Crippen molar-refractivity contribution in [2.24, 2.45) is 0 Å². The van der Waals surface area contributed by atoms with Crippen molar-refractivity contribution in [3.63, 3.8) is 0 Å². The van der Waals surface area contributed by atoms with Crippen molar-refractivity contribution < 1.29 is 14.3 Å². The lowest BCUT2D eigenvalue weighted by molar-refractivity contribution is -0.133. The summed E-state index contributed by atoms with van der Waals surface area (Å²) in [6.07, 6.45) is 5.84. The van der Waals surface area contributed by atoms with E-state index in [1.807, 2.05) is 0 Å². The molecule has 0 radical (unpaired) electrons. The maximum Gasteiger partial charge on any atom is 0.340 e. The molecule has 0 saturated heterocycles. The standard InChI is InChI=1S/C13H15N3O3/c1-3-7-16(8-4-2)12(17)10-19-13(18)11-5-6-14-15-9-11/h3-6,9H,1-2,7-8,10H2. The smallest absolute Gasteiger partial charge is 0.340 e. The molecule has 6 heteroatoms. The Morgan fingerprint density at radius 3 is 2.47 bits per heavy atom. The van der Waals surface area contributed by atoms with E-state index in [1.165, 1.54) is 23.4 Å². The highest BCUT2D eigenvalue weighted by Gasteiger charge is 2.14. The van der Waals surface area contributed by atoms with Crippen molar-refractivity contribution in [1.82, 2.24) is 15.1 Å². The Labute approximate surface area is 111 Å². The van der Waals surface area contributed by atoms with Gasteiger partial charge in [0.05, 0.1) is 18.0 Å². The summed E-state index contributed by atoms with van der Waals surface area (Å²) >= 11 is 0. The predicted molar refractivity (Wildman–Crippen MR) is 69.3 cm³/mol. The predicted octanol–water partition coefficient (Wildman–Crippen LogP) is 0.834. The maximum absolute atomic E-state index is 11.8. The molecule has 0 bridgehead atoms. The summed E-state index contributed by atoms with van der Waals surface area (Å²) in [6, 6.07) is 1.46. The normalized spacial score (nSPS) is 9.47. The molecule has 0 spiro atoms. The van der Waals surface area contributed by atoms with Crippen LogP contribution in [0.1, 0.15) is 10.4 Å². The molecule has 0 aromatic carbocycles. The van der Waals surface area contributed by atoms with Gasteiger partial charge in [-0.15, -0.1) is 13.2 Å². The monoisotopic (exact) mass is 261 g/mol. The Morgan fingerprint density at radius 1 is 1.26 bits per heavy atom. The molecule has 1 aromatic rings. The fourth-order valence-electron chi connectivity index (χ4n) is 1.30. The molecule has 0 fully saturated rings.